The molecule has 0 bridgehead atoms. The van der Waals surface area contributed by atoms with Gasteiger partial charge in [-0.05, 0) is 24.5 Å². The lowest BCUT2D eigenvalue weighted by Crippen LogP contribution is -2.11. The first kappa shape index (κ1) is 12.2. The van der Waals surface area contributed by atoms with Crippen molar-refractivity contribution in [2.24, 2.45) is 0 Å². The third-order valence-electron chi connectivity index (χ3n) is 3.01. The highest BCUT2D eigenvalue weighted by molar-refractivity contribution is 5.47. The standard InChI is InChI=1S/C15H20O2/c1-2-6-14(7-3-1)10-11-16-12-13-17-15-8-4-5-9-15/h1-3,6-7,10-11,15H,4-5,8-9,12-13H2. The summed E-state index contributed by atoms with van der Waals surface area (Å²) in [6.45, 7) is 1.34. The van der Waals surface area contributed by atoms with Gasteiger partial charge in [0.05, 0.1) is 19.0 Å². The SMILES string of the molecule is C(=Cc1ccccc1)OCCOC1CCCC1. The first-order valence-electron chi connectivity index (χ1n) is 6.40. The molecule has 1 fully saturated rings. The van der Waals surface area contributed by atoms with E-state index >= 15 is 0 Å². The maximum Gasteiger partial charge on any atom is 0.111 e. The van der Waals surface area contributed by atoms with Crippen molar-refractivity contribution >= 4 is 6.08 Å². The van der Waals surface area contributed by atoms with E-state index < -0.39 is 0 Å². The number of hydrogen-bond acceptors (Lipinski definition) is 2. The Morgan fingerprint density at radius 1 is 1.06 bits per heavy atom. The first-order valence-corrected chi connectivity index (χ1v) is 6.40. The van der Waals surface area contributed by atoms with Crippen molar-refractivity contribution in [3.63, 3.8) is 0 Å². The molecule has 0 unspecified atom stereocenters. The van der Waals surface area contributed by atoms with Crippen LogP contribution in [0.5, 0.6) is 0 Å². The van der Waals surface area contributed by atoms with E-state index in [2.05, 4.69) is 12.1 Å². The Hall–Kier alpha value is -1.28. The normalized spacial score (nSPS) is 16.7. The molecule has 1 aliphatic rings. The lowest BCUT2D eigenvalue weighted by atomic mass is 10.2. The molecule has 0 amide bonds. The molecule has 0 atom stereocenters. The fourth-order valence-electron chi connectivity index (χ4n) is 2.08. The third kappa shape index (κ3) is 4.61. The van der Waals surface area contributed by atoms with E-state index in [0.29, 0.717) is 19.3 Å². The molecule has 2 nitrogen and oxygen atoms in total. The molecule has 0 saturated heterocycles. The van der Waals surface area contributed by atoms with E-state index in [4.69, 9.17) is 9.47 Å². The molecule has 92 valence electrons. The topological polar surface area (TPSA) is 18.5 Å². The van der Waals surface area contributed by atoms with Gasteiger partial charge in [-0.1, -0.05) is 43.2 Å². The van der Waals surface area contributed by atoms with Crippen molar-refractivity contribution in [3.8, 4) is 0 Å². The molecule has 0 spiro atoms. The van der Waals surface area contributed by atoms with Crippen LogP contribution in [0, 0.1) is 0 Å². The Morgan fingerprint density at radius 2 is 1.82 bits per heavy atom. The summed E-state index contributed by atoms with van der Waals surface area (Å²) >= 11 is 0. The van der Waals surface area contributed by atoms with Crippen LogP contribution in [0.3, 0.4) is 0 Å². The summed E-state index contributed by atoms with van der Waals surface area (Å²) in [6.07, 6.45) is 9.28. The molecule has 0 radical (unpaired) electrons. The zero-order chi connectivity index (χ0) is 11.8. The minimum absolute atomic E-state index is 0.483. The Morgan fingerprint density at radius 3 is 2.59 bits per heavy atom. The van der Waals surface area contributed by atoms with Gasteiger partial charge in [-0.15, -0.1) is 0 Å². The molecule has 1 aromatic carbocycles. The number of benzene rings is 1. The van der Waals surface area contributed by atoms with Crippen LogP contribution >= 0.6 is 0 Å². The lowest BCUT2D eigenvalue weighted by molar-refractivity contribution is 0.0295. The average molecular weight is 232 g/mol. The van der Waals surface area contributed by atoms with Crippen LogP contribution in [-0.2, 0) is 9.47 Å². The van der Waals surface area contributed by atoms with Crippen molar-refractivity contribution in [2.75, 3.05) is 13.2 Å². The van der Waals surface area contributed by atoms with Crippen LogP contribution in [0.25, 0.3) is 6.08 Å². The van der Waals surface area contributed by atoms with Gasteiger partial charge in [0.15, 0.2) is 0 Å². The highest BCUT2D eigenvalue weighted by Crippen LogP contribution is 2.20. The monoisotopic (exact) mass is 232 g/mol. The zero-order valence-corrected chi connectivity index (χ0v) is 10.2. The highest BCUT2D eigenvalue weighted by atomic mass is 16.5. The van der Waals surface area contributed by atoms with Crippen LogP contribution in [-0.4, -0.2) is 19.3 Å². The van der Waals surface area contributed by atoms with Crippen molar-refractivity contribution in [2.45, 2.75) is 31.8 Å². The van der Waals surface area contributed by atoms with Gasteiger partial charge in [0.25, 0.3) is 0 Å². The number of hydrogen-bond donors (Lipinski definition) is 0. The fraction of sp³-hybridized carbons (Fsp3) is 0.467. The van der Waals surface area contributed by atoms with Crippen LogP contribution < -0.4 is 0 Å². The molecule has 2 heteroatoms. The zero-order valence-electron chi connectivity index (χ0n) is 10.2. The largest absolute Gasteiger partial charge is 0.499 e. The Bertz CT molecular complexity index is 326. The molecule has 0 heterocycles. The molecule has 0 N–H and O–H groups in total. The van der Waals surface area contributed by atoms with Gasteiger partial charge in [0.1, 0.15) is 6.61 Å². The van der Waals surface area contributed by atoms with Crippen molar-refractivity contribution in [3.05, 3.63) is 42.2 Å². The fourth-order valence-corrected chi connectivity index (χ4v) is 2.08. The van der Waals surface area contributed by atoms with Crippen LogP contribution in [0.1, 0.15) is 31.2 Å². The Kier molecular flexibility index (Phi) is 5.11. The van der Waals surface area contributed by atoms with E-state index in [-0.39, 0.29) is 0 Å². The van der Waals surface area contributed by atoms with Gasteiger partial charge in [0, 0.05) is 0 Å². The summed E-state index contributed by atoms with van der Waals surface area (Å²) in [7, 11) is 0. The molecule has 1 aliphatic carbocycles. The predicted molar refractivity (Wildman–Crippen MR) is 69.6 cm³/mol. The van der Waals surface area contributed by atoms with Gasteiger partial charge < -0.3 is 9.47 Å². The Labute approximate surface area is 103 Å². The molecule has 1 aromatic rings. The molecule has 0 aromatic heterocycles. The minimum atomic E-state index is 0.483. The van der Waals surface area contributed by atoms with E-state index in [0.717, 1.165) is 5.56 Å². The minimum Gasteiger partial charge on any atom is -0.499 e. The summed E-state index contributed by atoms with van der Waals surface area (Å²) in [5, 5.41) is 0. The molecule has 2 rings (SSSR count). The van der Waals surface area contributed by atoms with Gasteiger partial charge in [-0.3, -0.25) is 0 Å². The number of ether oxygens (including phenoxy) is 2. The quantitative estimate of drug-likeness (QED) is 0.551. The Balaban J connectivity index is 1.55. The lowest BCUT2D eigenvalue weighted by Gasteiger charge is -2.10. The second kappa shape index (κ2) is 7.13. The summed E-state index contributed by atoms with van der Waals surface area (Å²) in [4.78, 5) is 0. The van der Waals surface area contributed by atoms with Crippen LogP contribution in [0.4, 0.5) is 0 Å². The van der Waals surface area contributed by atoms with E-state index in [9.17, 15) is 0 Å². The molecule has 0 aliphatic heterocycles. The molecular weight excluding hydrogens is 212 g/mol. The second-order valence-electron chi connectivity index (χ2n) is 4.36. The van der Waals surface area contributed by atoms with Gasteiger partial charge in [0.2, 0.25) is 0 Å². The molecule has 1 saturated carbocycles. The van der Waals surface area contributed by atoms with E-state index in [1.54, 1.807) is 6.26 Å². The molecular formula is C15H20O2. The third-order valence-corrected chi connectivity index (χ3v) is 3.01. The van der Waals surface area contributed by atoms with Crippen LogP contribution in [0.15, 0.2) is 36.6 Å². The predicted octanol–water partition coefficient (Wildman–Crippen LogP) is 3.63. The summed E-state index contributed by atoms with van der Waals surface area (Å²) < 4.78 is 11.1. The smallest absolute Gasteiger partial charge is 0.111 e. The van der Waals surface area contributed by atoms with Crippen LogP contribution in [0.2, 0.25) is 0 Å². The second-order valence-corrected chi connectivity index (χ2v) is 4.36. The van der Waals surface area contributed by atoms with Crippen molar-refractivity contribution < 1.29 is 9.47 Å². The summed E-state index contributed by atoms with van der Waals surface area (Å²) in [5.74, 6) is 0. The summed E-state index contributed by atoms with van der Waals surface area (Å²) in [6, 6.07) is 10.1. The van der Waals surface area contributed by atoms with E-state index in [1.807, 2.05) is 24.3 Å². The highest BCUT2D eigenvalue weighted by Gasteiger charge is 2.14. The maximum atomic E-state index is 5.70. The van der Waals surface area contributed by atoms with Gasteiger partial charge in [-0.25, -0.2) is 0 Å². The van der Waals surface area contributed by atoms with Gasteiger partial charge >= 0.3 is 0 Å². The average Bonchev–Trinajstić information content (AvgIpc) is 2.88. The summed E-state index contributed by atoms with van der Waals surface area (Å²) in [5.41, 5.74) is 1.16. The van der Waals surface area contributed by atoms with Gasteiger partial charge in [-0.2, -0.15) is 0 Å². The van der Waals surface area contributed by atoms with E-state index in [1.165, 1.54) is 25.7 Å². The number of rotatable bonds is 6. The van der Waals surface area contributed by atoms with Crippen molar-refractivity contribution in [1.29, 1.82) is 0 Å². The first-order chi connectivity index (χ1) is 8.45. The maximum absolute atomic E-state index is 5.70. The van der Waals surface area contributed by atoms with Crippen molar-refractivity contribution in [1.82, 2.24) is 0 Å². The molecule has 17 heavy (non-hydrogen) atoms.